The molecule has 4 aliphatic rings. The first-order valence-corrected chi connectivity index (χ1v) is 16.4. The molecule has 4 fully saturated rings. The predicted molar refractivity (Wildman–Crippen MR) is 165 cm³/mol. The minimum atomic E-state index is -1.06. The summed E-state index contributed by atoms with van der Waals surface area (Å²) in [5.74, 6) is -1.72. The lowest BCUT2D eigenvalue weighted by Gasteiger charge is -2.39. The fourth-order valence-electron chi connectivity index (χ4n) is 8.00. The van der Waals surface area contributed by atoms with Gasteiger partial charge in [-0.3, -0.25) is 19.3 Å². The summed E-state index contributed by atoms with van der Waals surface area (Å²) in [5.41, 5.74) is -1.90. The van der Waals surface area contributed by atoms with Crippen LogP contribution in [0, 0.1) is 17.8 Å². The van der Waals surface area contributed by atoms with Crippen molar-refractivity contribution in [3.8, 4) is 0 Å². The molecule has 1 spiro atoms. The first-order chi connectivity index (χ1) is 20.7. The van der Waals surface area contributed by atoms with Crippen molar-refractivity contribution in [1.82, 2.24) is 19.6 Å². The van der Waals surface area contributed by atoms with E-state index in [0.29, 0.717) is 65.3 Å². The third-order valence-electron chi connectivity index (χ3n) is 10.2. The van der Waals surface area contributed by atoms with Gasteiger partial charge >= 0.3 is 0 Å². The summed E-state index contributed by atoms with van der Waals surface area (Å²) in [5, 5.41) is 9.23. The number of likely N-dealkylation sites (tertiary alicyclic amines) is 1. The summed E-state index contributed by atoms with van der Waals surface area (Å²) >= 11 is 0. The zero-order valence-corrected chi connectivity index (χ0v) is 26.7. The van der Waals surface area contributed by atoms with E-state index < -0.39 is 29.1 Å². The number of carbonyl (C=O) groups is 3. The molecule has 4 heterocycles. The number of aliphatic hydroxyl groups is 1. The molecule has 242 valence electrons. The Morgan fingerprint density at radius 2 is 1.67 bits per heavy atom. The number of hydrogen-bond donors (Lipinski definition) is 1. The smallest absolute Gasteiger partial charge is 0.248 e. The topological polar surface area (TPSA) is 103 Å². The molecule has 4 saturated heterocycles. The molecule has 3 amide bonds. The maximum Gasteiger partial charge on any atom is 0.248 e. The number of rotatable bonds is 17. The van der Waals surface area contributed by atoms with Gasteiger partial charge in [0, 0.05) is 59.0 Å². The number of morpholine rings is 1. The Bertz CT molecular complexity index is 1020. The molecule has 10 heteroatoms. The summed E-state index contributed by atoms with van der Waals surface area (Å²) in [7, 11) is 0. The van der Waals surface area contributed by atoms with Gasteiger partial charge in [0.25, 0.3) is 0 Å². The van der Waals surface area contributed by atoms with Crippen molar-refractivity contribution in [3.05, 3.63) is 25.3 Å². The van der Waals surface area contributed by atoms with Crippen LogP contribution >= 0.6 is 0 Å². The molecule has 0 aromatic heterocycles. The second-order valence-electron chi connectivity index (χ2n) is 13.0. The molecule has 6 atom stereocenters. The van der Waals surface area contributed by atoms with E-state index in [1.165, 1.54) is 0 Å². The maximum atomic E-state index is 14.7. The van der Waals surface area contributed by atoms with Crippen molar-refractivity contribution < 1.29 is 29.0 Å². The van der Waals surface area contributed by atoms with Crippen molar-refractivity contribution in [2.75, 3.05) is 72.2 Å². The molecule has 0 saturated carbocycles. The van der Waals surface area contributed by atoms with Crippen molar-refractivity contribution in [2.24, 2.45) is 17.8 Å². The summed E-state index contributed by atoms with van der Waals surface area (Å²) in [4.78, 5) is 51.1. The molecular formula is C33H54N4O6. The number of ether oxygens (including phenoxy) is 2. The van der Waals surface area contributed by atoms with E-state index in [0.717, 1.165) is 38.8 Å². The average Bonchev–Trinajstić information content (AvgIpc) is 3.51. The van der Waals surface area contributed by atoms with Gasteiger partial charge in [-0.25, -0.2) is 0 Å². The SMILES string of the molecule is C=CCN(CCN1CCOCC1)C(=O)C1N(CCCCCCO)C(=O)[C@@H]2[C@@H](C(=O)N(CC=C)CCC)[C@]3(C)OC12CC3C. The Balaban J connectivity index is 1.68. The van der Waals surface area contributed by atoms with Gasteiger partial charge in [0.15, 0.2) is 0 Å². The first-order valence-electron chi connectivity index (χ1n) is 16.4. The normalized spacial score (nSPS) is 31.7. The lowest BCUT2D eigenvalue weighted by molar-refractivity contribution is -0.155. The molecule has 0 aromatic carbocycles. The van der Waals surface area contributed by atoms with Gasteiger partial charge in [-0.05, 0) is 38.5 Å². The monoisotopic (exact) mass is 602 g/mol. The third kappa shape index (κ3) is 6.44. The number of amides is 3. The molecule has 0 aromatic rings. The molecule has 4 rings (SSSR count). The summed E-state index contributed by atoms with van der Waals surface area (Å²) < 4.78 is 12.5. The highest BCUT2D eigenvalue weighted by molar-refractivity contribution is 5.99. The van der Waals surface area contributed by atoms with Crippen molar-refractivity contribution in [1.29, 1.82) is 0 Å². The molecule has 0 aliphatic carbocycles. The van der Waals surface area contributed by atoms with E-state index in [1.807, 2.05) is 18.7 Å². The minimum absolute atomic E-state index is 0.00119. The Labute approximate surface area is 258 Å². The van der Waals surface area contributed by atoms with E-state index in [1.54, 1.807) is 22.0 Å². The Morgan fingerprint density at radius 3 is 2.30 bits per heavy atom. The van der Waals surface area contributed by atoms with Crippen LogP contribution in [0.4, 0.5) is 0 Å². The zero-order chi connectivity index (χ0) is 31.2. The Hall–Kier alpha value is -2.27. The molecule has 10 nitrogen and oxygen atoms in total. The number of unbranched alkanes of at least 4 members (excludes halogenated alkanes) is 3. The van der Waals surface area contributed by atoms with Crippen LogP contribution in [0.3, 0.4) is 0 Å². The van der Waals surface area contributed by atoms with Crippen LogP contribution in [0.15, 0.2) is 25.3 Å². The van der Waals surface area contributed by atoms with E-state index in [2.05, 4.69) is 25.0 Å². The molecule has 43 heavy (non-hydrogen) atoms. The van der Waals surface area contributed by atoms with Crippen molar-refractivity contribution in [3.63, 3.8) is 0 Å². The van der Waals surface area contributed by atoms with Crippen molar-refractivity contribution >= 4 is 17.7 Å². The molecule has 2 bridgehead atoms. The van der Waals surface area contributed by atoms with Crippen LogP contribution in [-0.4, -0.2) is 132 Å². The fourth-order valence-corrected chi connectivity index (χ4v) is 8.00. The van der Waals surface area contributed by atoms with Gasteiger partial charge < -0.3 is 29.3 Å². The predicted octanol–water partition coefficient (Wildman–Crippen LogP) is 2.32. The molecule has 0 radical (unpaired) electrons. The summed E-state index contributed by atoms with van der Waals surface area (Å²) in [6.45, 7) is 20.0. The van der Waals surface area contributed by atoms with Gasteiger partial charge in [0.05, 0.1) is 30.7 Å². The van der Waals surface area contributed by atoms with Gasteiger partial charge in [0.1, 0.15) is 11.6 Å². The number of hydrogen-bond acceptors (Lipinski definition) is 7. The van der Waals surface area contributed by atoms with E-state index in [-0.39, 0.29) is 30.2 Å². The highest BCUT2D eigenvalue weighted by Crippen LogP contribution is 2.65. The molecule has 4 aliphatic heterocycles. The quantitative estimate of drug-likeness (QED) is 0.201. The lowest BCUT2D eigenvalue weighted by atomic mass is 9.62. The maximum absolute atomic E-state index is 14.7. The first kappa shape index (κ1) is 33.6. The highest BCUT2D eigenvalue weighted by atomic mass is 16.5. The largest absolute Gasteiger partial charge is 0.396 e. The second kappa shape index (κ2) is 14.7. The number of fused-ring (bicyclic) bond motifs is 1. The third-order valence-corrected chi connectivity index (χ3v) is 10.2. The average molecular weight is 603 g/mol. The summed E-state index contributed by atoms with van der Waals surface area (Å²) in [6.07, 6.45) is 7.95. The van der Waals surface area contributed by atoms with Crippen LogP contribution in [-0.2, 0) is 23.9 Å². The zero-order valence-electron chi connectivity index (χ0n) is 26.7. The lowest BCUT2D eigenvalue weighted by Crippen LogP contribution is -2.57. The standard InChI is InChI=1S/C33H54N4O6/c1-6-13-35(14-7-2)29(39)26-27-30(40)37(16-11-9-10-12-21-38)28(33(27)24-25(4)32(26,5)43-33)31(41)36(15-8-3)18-17-34-19-22-42-23-20-34/h6,8,25-28,38H,1,3,7,9-24H2,2,4-5H3/t25?,26-,27-,28?,32+,33?/m0/s1. The van der Waals surface area contributed by atoms with Crippen LogP contribution in [0.1, 0.15) is 59.3 Å². The number of carbonyl (C=O) groups excluding carboxylic acids is 3. The van der Waals surface area contributed by atoms with Gasteiger partial charge in [-0.15, -0.1) is 13.2 Å². The van der Waals surface area contributed by atoms with Gasteiger partial charge in [-0.1, -0.05) is 38.8 Å². The van der Waals surface area contributed by atoms with Crippen LogP contribution in [0.25, 0.3) is 0 Å². The van der Waals surface area contributed by atoms with Gasteiger partial charge in [-0.2, -0.15) is 0 Å². The molecule has 3 unspecified atom stereocenters. The van der Waals surface area contributed by atoms with Crippen LogP contribution < -0.4 is 0 Å². The molecule has 1 N–H and O–H groups in total. The number of nitrogens with zero attached hydrogens (tertiary/aromatic N) is 4. The Kier molecular flexibility index (Phi) is 11.5. The van der Waals surface area contributed by atoms with E-state index in [9.17, 15) is 19.5 Å². The van der Waals surface area contributed by atoms with Gasteiger partial charge in [0.2, 0.25) is 17.7 Å². The van der Waals surface area contributed by atoms with E-state index >= 15 is 0 Å². The number of aliphatic hydroxyl groups excluding tert-OH is 1. The fraction of sp³-hybridized carbons (Fsp3) is 0.788. The highest BCUT2D eigenvalue weighted by Gasteiger charge is 2.80. The van der Waals surface area contributed by atoms with Crippen LogP contribution in [0.5, 0.6) is 0 Å². The summed E-state index contributed by atoms with van der Waals surface area (Å²) in [6, 6.07) is -0.798. The molecular weight excluding hydrogens is 548 g/mol. The van der Waals surface area contributed by atoms with E-state index in [4.69, 9.17) is 9.47 Å². The van der Waals surface area contributed by atoms with Crippen molar-refractivity contribution in [2.45, 2.75) is 76.5 Å². The van der Waals surface area contributed by atoms with Crippen LogP contribution in [0.2, 0.25) is 0 Å². The Morgan fingerprint density at radius 1 is 1.02 bits per heavy atom. The minimum Gasteiger partial charge on any atom is -0.396 e. The second-order valence-corrected chi connectivity index (χ2v) is 13.0.